The van der Waals surface area contributed by atoms with Crippen LogP contribution in [-0.2, 0) is 17.6 Å². The zero-order chi connectivity index (χ0) is 20.0. The summed E-state index contributed by atoms with van der Waals surface area (Å²) >= 11 is 3.15. The van der Waals surface area contributed by atoms with Crippen molar-refractivity contribution in [2.75, 3.05) is 14.1 Å². The van der Waals surface area contributed by atoms with Crippen LogP contribution in [0.3, 0.4) is 0 Å². The summed E-state index contributed by atoms with van der Waals surface area (Å²) in [6.45, 7) is 4.12. The SMILES string of the molecule is CN=C1SC(=Cc2cc(C)n(-c3sc4c(c3C#N)CCCC4)c2C)C(=O)N1C. The number of thiophene rings is 1. The predicted octanol–water partition coefficient (Wildman–Crippen LogP) is 4.44. The van der Waals surface area contributed by atoms with Crippen LogP contribution < -0.4 is 0 Å². The lowest BCUT2D eigenvalue weighted by molar-refractivity contribution is -0.121. The van der Waals surface area contributed by atoms with Gasteiger partial charge in [-0.1, -0.05) is 0 Å². The second-order valence-electron chi connectivity index (χ2n) is 7.15. The number of fused-ring (bicyclic) bond motifs is 1. The molecule has 4 rings (SSSR count). The van der Waals surface area contributed by atoms with Gasteiger partial charge in [0.15, 0.2) is 5.17 Å². The third-order valence-corrected chi connectivity index (χ3v) is 7.85. The average molecular weight is 411 g/mol. The van der Waals surface area contributed by atoms with Gasteiger partial charge in [0.1, 0.15) is 11.1 Å². The van der Waals surface area contributed by atoms with Crippen molar-refractivity contribution in [2.45, 2.75) is 39.5 Å². The maximum Gasteiger partial charge on any atom is 0.266 e. The number of thioether (sulfide) groups is 1. The minimum Gasteiger partial charge on any atom is -0.308 e. The van der Waals surface area contributed by atoms with Gasteiger partial charge in [-0.2, -0.15) is 5.26 Å². The molecule has 1 aliphatic carbocycles. The number of aryl methyl sites for hydroxylation is 2. The first-order chi connectivity index (χ1) is 13.5. The number of aromatic nitrogens is 1. The highest BCUT2D eigenvalue weighted by molar-refractivity contribution is 8.18. The van der Waals surface area contributed by atoms with Crippen molar-refractivity contribution < 1.29 is 4.79 Å². The molecule has 0 atom stereocenters. The number of carbonyl (C=O) groups is 1. The lowest BCUT2D eigenvalue weighted by Crippen LogP contribution is -2.23. The molecule has 5 nitrogen and oxygen atoms in total. The second kappa shape index (κ2) is 7.26. The molecule has 28 heavy (non-hydrogen) atoms. The monoisotopic (exact) mass is 410 g/mol. The number of hydrogen-bond donors (Lipinski definition) is 0. The van der Waals surface area contributed by atoms with Crippen molar-refractivity contribution in [3.8, 4) is 11.1 Å². The lowest BCUT2D eigenvalue weighted by Gasteiger charge is -2.10. The summed E-state index contributed by atoms with van der Waals surface area (Å²) in [7, 11) is 3.44. The van der Waals surface area contributed by atoms with Gasteiger partial charge in [0, 0.05) is 30.4 Å². The van der Waals surface area contributed by atoms with Crippen LogP contribution in [0.5, 0.6) is 0 Å². The average Bonchev–Trinajstić information content (AvgIpc) is 3.28. The number of rotatable bonds is 2. The highest BCUT2D eigenvalue weighted by atomic mass is 32.2. The van der Waals surface area contributed by atoms with Crippen LogP contribution in [-0.4, -0.2) is 34.6 Å². The van der Waals surface area contributed by atoms with Crippen molar-refractivity contribution in [1.29, 1.82) is 5.26 Å². The number of hydrogen-bond acceptors (Lipinski definition) is 5. The molecule has 1 saturated heterocycles. The molecule has 0 N–H and O–H groups in total. The van der Waals surface area contributed by atoms with E-state index in [-0.39, 0.29) is 5.91 Å². The Hall–Kier alpha value is -2.30. The van der Waals surface area contributed by atoms with Gasteiger partial charge in [-0.15, -0.1) is 11.3 Å². The Labute approximate surface area is 173 Å². The Kier molecular flexibility index (Phi) is 4.94. The topological polar surface area (TPSA) is 61.4 Å². The van der Waals surface area contributed by atoms with Crippen LogP contribution in [0.2, 0.25) is 0 Å². The number of likely N-dealkylation sites (N-methyl/N-ethyl adjacent to an activating group) is 1. The van der Waals surface area contributed by atoms with E-state index in [1.54, 1.807) is 30.3 Å². The highest BCUT2D eigenvalue weighted by Crippen LogP contribution is 2.39. The minimum atomic E-state index is -0.0281. The smallest absolute Gasteiger partial charge is 0.266 e. The molecule has 1 amide bonds. The van der Waals surface area contributed by atoms with E-state index in [0.29, 0.717) is 10.1 Å². The van der Waals surface area contributed by atoms with Crippen molar-refractivity contribution in [1.82, 2.24) is 9.47 Å². The fourth-order valence-corrected chi connectivity index (χ4v) is 6.33. The van der Waals surface area contributed by atoms with Gasteiger partial charge in [0.25, 0.3) is 5.91 Å². The van der Waals surface area contributed by atoms with Crippen molar-refractivity contribution in [3.63, 3.8) is 0 Å². The first-order valence-electron chi connectivity index (χ1n) is 9.34. The third-order valence-electron chi connectivity index (χ3n) is 5.42. The Morgan fingerprint density at radius 2 is 2.04 bits per heavy atom. The molecular weight excluding hydrogens is 388 g/mol. The minimum absolute atomic E-state index is 0.0281. The van der Waals surface area contributed by atoms with E-state index in [4.69, 9.17) is 0 Å². The van der Waals surface area contributed by atoms with Crippen LogP contribution in [0.4, 0.5) is 0 Å². The van der Waals surface area contributed by atoms with Crippen LogP contribution in [0.1, 0.15) is 45.8 Å². The molecule has 1 fully saturated rings. The van der Waals surface area contributed by atoms with E-state index < -0.39 is 0 Å². The van der Waals surface area contributed by atoms with Gasteiger partial charge in [0.05, 0.1) is 10.5 Å². The summed E-state index contributed by atoms with van der Waals surface area (Å²) in [6.07, 6.45) is 6.38. The van der Waals surface area contributed by atoms with Gasteiger partial charge in [-0.3, -0.25) is 14.7 Å². The van der Waals surface area contributed by atoms with Gasteiger partial charge in [-0.05, 0) is 74.6 Å². The number of nitriles is 1. The maximum absolute atomic E-state index is 12.5. The number of aliphatic imine (C=N–C) groups is 1. The van der Waals surface area contributed by atoms with E-state index in [9.17, 15) is 10.1 Å². The van der Waals surface area contributed by atoms with Crippen molar-refractivity contribution >= 4 is 40.2 Å². The van der Waals surface area contributed by atoms with Gasteiger partial charge >= 0.3 is 0 Å². The Balaban J connectivity index is 1.80. The van der Waals surface area contributed by atoms with E-state index in [0.717, 1.165) is 46.8 Å². The molecule has 1 aliphatic heterocycles. The zero-order valence-electron chi connectivity index (χ0n) is 16.5. The summed E-state index contributed by atoms with van der Waals surface area (Å²) in [5.74, 6) is -0.0281. The molecule has 0 unspecified atom stereocenters. The molecule has 0 saturated carbocycles. The van der Waals surface area contributed by atoms with Gasteiger partial charge in [0.2, 0.25) is 0 Å². The first kappa shape index (κ1) is 19.0. The largest absolute Gasteiger partial charge is 0.308 e. The number of amides is 1. The Morgan fingerprint density at radius 3 is 2.71 bits per heavy atom. The lowest BCUT2D eigenvalue weighted by atomic mass is 9.96. The molecule has 0 aromatic carbocycles. The summed E-state index contributed by atoms with van der Waals surface area (Å²) in [4.78, 5) is 20.3. The highest BCUT2D eigenvalue weighted by Gasteiger charge is 2.30. The van der Waals surface area contributed by atoms with Crippen molar-refractivity contribution in [3.05, 3.63) is 43.9 Å². The van der Waals surface area contributed by atoms with Gasteiger partial charge in [-0.25, -0.2) is 0 Å². The summed E-state index contributed by atoms with van der Waals surface area (Å²) < 4.78 is 2.18. The standard InChI is InChI=1S/C21H22N4OS2/c1-12-9-14(10-18-19(26)24(4)21(23-3)28-18)13(2)25(12)20-16(11-22)15-7-5-6-8-17(15)27-20/h9-10H,5-8H2,1-4H3. The molecule has 3 heterocycles. The van der Waals surface area contributed by atoms with Crippen LogP contribution >= 0.6 is 23.1 Å². The molecule has 2 aromatic rings. The number of carbonyl (C=O) groups excluding carboxylic acids is 1. The Morgan fingerprint density at radius 1 is 1.29 bits per heavy atom. The summed E-state index contributed by atoms with van der Waals surface area (Å²) in [5.41, 5.74) is 5.21. The van der Waals surface area contributed by atoms with Crippen molar-refractivity contribution in [2.24, 2.45) is 4.99 Å². The first-order valence-corrected chi connectivity index (χ1v) is 11.0. The van der Waals surface area contributed by atoms with Crippen LogP contribution in [0, 0.1) is 25.2 Å². The molecule has 2 aliphatic rings. The molecule has 7 heteroatoms. The predicted molar refractivity (Wildman–Crippen MR) is 116 cm³/mol. The fourth-order valence-electron chi connectivity index (χ4n) is 3.96. The molecule has 2 aromatic heterocycles. The Bertz CT molecular complexity index is 1080. The van der Waals surface area contributed by atoms with Crippen LogP contribution in [0.25, 0.3) is 11.1 Å². The quantitative estimate of drug-likeness (QED) is 0.688. The van der Waals surface area contributed by atoms with E-state index in [2.05, 4.69) is 35.5 Å². The normalized spacial score (nSPS) is 19.5. The summed E-state index contributed by atoms with van der Waals surface area (Å²) in [6, 6.07) is 4.55. The van der Waals surface area contributed by atoms with Crippen LogP contribution in [0.15, 0.2) is 16.0 Å². The van der Waals surface area contributed by atoms with E-state index in [1.807, 2.05) is 6.08 Å². The molecule has 0 bridgehead atoms. The van der Waals surface area contributed by atoms with E-state index in [1.165, 1.54) is 28.6 Å². The number of amidine groups is 1. The number of nitrogens with zero attached hydrogens (tertiary/aromatic N) is 4. The van der Waals surface area contributed by atoms with E-state index >= 15 is 0 Å². The summed E-state index contributed by atoms with van der Waals surface area (Å²) in [5, 5.41) is 11.6. The molecule has 0 radical (unpaired) electrons. The fraction of sp³-hybridized carbons (Fsp3) is 0.381. The molecule has 144 valence electrons. The molecule has 0 spiro atoms. The second-order valence-corrected chi connectivity index (χ2v) is 9.24. The zero-order valence-corrected chi connectivity index (χ0v) is 18.1. The molecular formula is C21H22N4OS2. The van der Waals surface area contributed by atoms with Gasteiger partial charge < -0.3 is 4.57 Å². The maximum atomic E-state index is 12.5. The third kappa shape index (κ3) is 2.92.